The fourth-order valence-electron chi connectivity index (χ4n) is 5.94. The second kappa shape index (κ2) is 12.6. The van der Waals surface area contributed by atoms with Gasteiger partial charge in [0.2, 0.25) is 11.8 Å². The van der Waals surface area contributed by atoms with Crippen molar-refractivity contribution in [3.8, 4) is 11.5 Å². The van der Waals surface area contributed by atoms with Gasteiger partial charge in [-0.25, -0.2) is 0 Å². The third-order valence-corrected chi connectivity index (χ3v) is 7.86. The molecule has 3 aliphatic rings. The van der Waals surface area contributed by atoms with Gasteiger partial charge in [0.25, 0.3) is 0 Å². The van der Waals surface area contributed by atoms with Gasteiger partial charge in [0, 0.05) is 39.0 Å². The second-order valence-electron chi connectivity index (χ2n) is 10.1. The number of fused-ring (bicyclic) bond motifs is 2. The van der Waals surface area contributed by atoms with Gasteiger partial charge < -0.3 is 28.9 Å². The maximum absolute atomic E-state index is 13.6. The van der Waals surface area contributed by atoms with Crippen molar-refractivity contribution < 1.29 is 23.8 Å². The zero-order valence-corrected chi connectivity index (χ0v) is 22.0. The van der Waals surface area contributed by atoms with E-state index in [-0.39, 0.29) is 24.8 Å². The number of piperidine rings is 2. The molecule has 0 aromatic heterocycles. The molecule has 0 aliphatic carbocycles. The fraction of sp³-hybridized carbons (Fsp3) is 0.643. The molecule has 2 atom stereocenters. The second-order valence-corrected chi connectivity index (χ2v) is 10.1. The molecule has 0 N–H and O–H groups in total. The number of hydrogen-bond acceptors (Lipinski definition) is 6. The highest BCUT2D eigenvalue weighted by Crippen LogP contribution is 2.33. The van der Waals surface area contributed by atoms with Crippen molar-refractivity contribution >= 4 is 17.9 Å². The minimum Gasteiger partial charge on any atom is -0.493 e. The van der Waals surface area contributed by atoms with Gasteiger partial charge in [0.1, 0.15) is 6.54 Å². The lowest BCUT2D eigenvalue weighted by Crippen LogP contribution is -2.52. The summed E-state index contributed by atoms with van der Waals surface area (Å²) in [6.07, 6.45) is 10.7. The maximum Gasteiger partial charge on any atom is 0.242 e. The molecular formula is C28H41N3O5. The van der Waals surface area contributed by atoms with Gasteiger partial charge in [0.05, 0.1) is 20.6 Å². The highest BCUT2D eigenvalue weighted by Gasteiger charge is 2.35. The van der Waals surface area contributed by atoms with Crippen LogP contribution in [0.2, 0.25) is 0 Å². The first-order valence-corrected chi connectivity index (χ1v) is 13.3. The third kappa shape index (κ3) is 6.21. The van der Waals surface area contributed by atoms with Crippen LogP contribution in [-0.2, 0) is 20.7 Å². The van der Waals surface area contributed by atoms with E-state index in [1.54, 1.807) is 32.4 Å². The predicted molar refractivity (Wildman–Crippen MR) is 139 cm³/mol. The largest absolute Gasteiger partial charge is 0.493 e. The van der Waals surface area contributed by atoms with Crippen LogP contribution in [0.3, 0.4) is 0 Å². The van der Waals surface area contributed by atoms with Gasteiger partial charge >= 0.3 is 0 Å². The van der Waals surface area contributed by atoms with Crippen molar-refractivity contribution in [1.29, 1.82) is 0 Å². The number of methoxy groups -OCH3 is 3. The van der Waals surface area contributed by atoms with Crippen LogP contribution in [-0.4, -0.2) is 93.2 Å². The van der Waals surface area contributed by atoms with Crippen LogP contribution in [0.1, 0.15) is 49.7 Å². The smallest absolute Gasteiger partial charge is 0.242 e. The lowest BCUT2D eigenvalue weighted by atomic mass is 9.83. The molecule has 36 heavy (non-hydrogen) atoms. The lowest BCUT2D eigenvalue weighted by molar-refractivity contribution is -0.139. The number of amides is 2. The van der Waals surface area contributed by atoms with Gasteiger partial charge in [-0.15, -0.1) is 0 Å². The lowest BCUT2D eigenvalue weighted by Gasteiger charge is -2.45. The van der Waals surface area contributed by atoms with E-state index in [1.165, 1.54) is 38.8 Å². The zero-order chi connectivity index (χ0) is 25.5. The Balaban J connectivity index is 1.46. The van der Waals surface area contributed by atoms with Crippen LogP contribution in [0.5, 0.6) is 11.5 Å². The summed E-state index contributed by atoms with van der Waals surface area (Å²) in [6.45, 7) is 4.43. The quantitative estimate of drug-likeness (QED) is 0.461. The molecule has 3 heterocycles. The van der Waals surface area contributed by atoms with Crippen LogP contribution < -0.4 is 9.47 Å². The molecular weight excluding hydrogens is 458 g/mol. The van der Waals surface area contributed by atoms with E-state index in [0.717, 1.165) is 30.5 Å². The van der Waals surface area contributed by atoms with Crippen molar-refractivity contribution in [2.75, 3.05) is 60.7 Å². The molecule has 8 nitrogen and oxygen atoms in total. The number of carbonyl (C=O) groups is 2. The van der Waals surface area contributed by atoms with E-state index in [9.17, 15) is 9.59 Å². The van der Waals surface area contributed by atoms with Crippen molar-refractivity contribution in [2.45, 2.75) is 51.0 Å². The SMILES string of the molecule is COCCCN(CC1CCCN2CCCCC12)C(=O)CN1C=Cc2cc(OC)c(OC)cc2CC1=O. The first kappa shape index (κ1) is 26.5. The van der Waals surface area contributed by atoms with Crippen LogP contribution in [0, 0.1) is 5.92 Å². The summed E-state index contributed by atoms with van der Waals surface area (Å²) in [5, 5.41) is 0. The molecule has 0 saturated carbocycles. The Morgan fingerprint density at radius 2 is 1.83 bits per heavy atom. The summed E-state index contributed by atoms with van der Waals surface area (Å²) in [7, 11) is 4.87. The first-order chi connectivity index (χ1) is 17.5. The number of rotatable bonds is 10. The molecule has 198 valence electrons. The monoisotopic (exact) mass is 499 g/mol. The van der Waals surface area contributed by atoms with E-state index < -0.39 is 0 Å². The fourth-order valence-corrected chi connectivity index (χ4v) is 5.94. The molecule has 4 rings (SSSR count). The standard InChI is InChI=1S/C28H41N3O5/c1-34-15-7-13-30(19-22-8-6-12-29-11-5-4-9-24(22)29)28(33)20-31-14-10-21-16-25(35-2)26(36-3)17-23(21)18-27(31)32/h10,14,16-17,22,24H,4-9,11-13,15,18-20H2,1-3H3. The molecule has 2 amide bonds. The summed E-state index contributed by atoms with van der Waals surface area (Å²) in [5.41, 5.74) is 1.76. The Kier molecular flexibility index (Phi) is 9.26. The molecule has 2 saturated heterocycles. The maximum atomic E-state index is 13.6. The number of nitrogens with zero attached hydrogens (tertiary/aromatic N) is 3. The first-order valence-electron chi connectivity index (χ1n) is 13.3. The third-order valence-electron chi connectivity index (χ3n) is 7.86. The molecule has 2 fully saturated rings. The topological polar surface area (TPSA) is 71.6 Å². The number of carbonyl (C=O) groups excluding carboxylic acids is 2. The van der Waals surface area contributed by atoms with Crippen molar-refractivity contribution in [1.82, 2.24) is 14.7 Å². The van der Waals surface area contributed by atoms with E-state index >= 15 is 0 Å². The van der Waals surface area contributed by atoms with Gasteiger partial charge in [-0.2, -0.15) is 0 Å². The molecule has 0 radical (unpaired) electrons. The normalized spacial score (nSPS) is 22.0. The van der Waals surface area contributed by atoms with Crippen LogP contribution in [0.15, 0.2) is 18.3 Å². The van der Waals surface area contributed by atoms with Crippen molar-refractivity contribution in [3.05, 3.63) is 29.5 Å². The van der Waals surface area contributed by atoms with E-state index in [1.807, 2.05) is 23.1 Å². The summed E-state index contributed by atoms with van der Waals surface area (Å²) < 4.78 is 16.1. The summed E-state index contributed by atoms with van der Waals surface area (Å²) in [4.78, 5) is 32.9. The Labute approximate surface area is 215 Å². The summed E-state index contributed by atoms with van der Waals surface area (Å²) >= 11 is 0. The predicted octanol–water partition coefficient (Wildman–Crippen LogP) is 3.19. The number of benzene rings is 1. The average Bonchev–Trinajstić information content (AvgIpc) is 3.05. The molecule has 0 spiro atoms. The summed E-state index contributed by atoms with van der Waals surface area (Å²) in [6, 6.07) is 4.29. The Morgan fingerprint density at radius 3 is 2.61 bits per heavy atom. The molecule has 2 unspecified atom stereocenters. The highest BCUT2D eigenvalue weighted by molar-refractivity contribution is 5.89. The van der Waals surface area contributed by atoms with Crippen molar-refractivity contribution in [2.24, 2.45) is 5.92 Å². The molecule has 3 aliphatic heterocycles. The Hall–Kier alpha value is -2.58. The highest BCUT2D eigenvalue weighted by atomic mass is 16.5. The Bertz CT molecular complexity index is 947. The van der Waals surface area contributed by atoms with Gasteiger partial charge in [-0.05, 0) is 80.4 Å². The zero-order valence-electron chi connectivity index (χ0n) is 22.0. The molecule has 8 heteroatoms. The molecule has 0 bridgehead atoms. The van der Waals surface area contributed by atoms with Crippen LogP contribution in [0.25, 0.3) is 6.08 Å². The minimum atomic E-state index is -0.0986. The number of ether oxygens (including phenoxy) is 3. The minimum absolute atomic E-state index is 0.00171. The van der Waals surface area contributed by atoms with Crippen LogP contribution in [0.4, 0.5) is 0 Å². The summed E-state index contributed by atoms with van der Waals surface area (Å²) in [5.74, 6) is 1.60. The Morgan fingerprint density at radius 1 is 1.06 bits per heavy atom. The van der Waals surface area contributed by atoms with Gasteiger partial charge in [-0.1, -0.05) is 6.42 Å². The van der Waals surface area contributed by atoms with Crippen LogP contribution >= 0.6 is 0 Å². The number of hydrogen-bond donors (Lipinski definition) is 0. The van der Waals surface area contributed by atoms with Gasteiger partial charge in [-0.3, -0.25) is 9.59 Å². The van der Waals surface area contributed by atoms with E-state index in [2.05, 4.69) is 4.90 Å². The average molecular weight is 500 g/mol. The van der Waals surface area contributed by atoms with Gasteiger partial charge in [0.15, 0.2) is 11.5 Å². The molecule has 1 aromatic rings. The van der Waals surface area contributed by atoms with E-state index in [0.29, 0.717) is 36.6 Å². The van der Waals surface area contributed by atoms with Crippen molar-refractivity contribution in [3.63, 3.8) is 0 Å². The molecule has 1 aromatic carbocycles. The van der Waals surface area contributed by atoms with E-state index in [4.69, 9.17) is 14.2 Å².